The van der Waals surface area contributed by atoms with Crippen LogP contribution in [0.5, 0.6) is 0 Å². The van der Waals surface area contributed by atoms with Gasteiger partial charge in [0.15, 0.2) is 0 Å². The molecule has 3 fully saturated rings. The summed E-state index contributed by atoms with van der Waals surface area (Å²) in [5.41, 5.74) is 1.52. The summed E-state index contributed by atoms with van der Waals surface area (Å²) in [6, 6.07) is 0. The highest BCUT2D eigenvalue weighted by atomic mass is 14.4. The van der Waals surface area contributed by atoms with Gasteiger partial charge < -0.3 is 0 Å². The molecule has 0 aromatic heterocycles. The predicted molar refractivity (Wildman–Crippen MR) is 78.5 cm³/mol. The van der Waals surface area contributed by atoms with E-state index in [1.807, 2.05) is 0 Å². The number of allylic oxidation sites excluding steroid dienone is 1. The Labute approximate surface area is 113 Å². The highest BCUT2D eigenvalue weighted by molar-refractivity contribution is 4.99. The maximum Gasteiger partial charge on any atom is -0.0320 e. The van der Waals surface area contributed by atoms with Crippen LogP contribution in [0.25, 0.3) is 0 Å². The van der Waals surface area contributed by atoms with Crippen LogP contribution in [0.3, 0.4) is 0 Å². The minimum absolute atomic E-state index is 1.06. The lowest BCUT2D eigenvalue weighted by Gasteiger charge is -2.38. The lowest BCUT2D eigenvalue weighted by molar-refractivity contribution is 0.148. The lowest BCUT2D eigenvalue weighted by atomic mass is 9.68. The molecule has 0 heteroatoms. The van der Waals surface area contributed by atoms with E-state index in [1.54, 1.807) is 38.5 Å². The Bertz CT molecular complexity index is 266. The number of hydrogen-bond donors (Lipinski definition) is 0. The summed E-state index contributed by atoms with van der Waals surface area (Å²) in [7, 11) is 0. The van der Waals surface area contributed by atoms with E-state index in [2.05, 4.69) is 6.58 Å². The van der Waals surface area contributed by atoms with Gasteiger partial charge in [-0.25, -0.2) is 0 Å². The van der Waals surface area contributed by atoms with E-state index >= 15 is 0 Å². The Morgan fingerprint density at radius 1 is 0.556 bits per heavy atom. The number of hydrogen-bond acceptors (Lipinski definition) is 0. The molecule has 0 atom stereocenters. The van der Waals surface area contributed by atoms with Gasteiger partial charge in [0.25, 0.3) is 0 Å². The van der Waals surface area contributed by atoms with Crippen molar-refractivity contribution in [3.05, 3.63) is 12.2 Å². The average Bonchev–Trinajstić information content (AvgIpc) is 2.94. The van der Waals surface area contributed by atoms with Crippen molar-refractivity contribution in [1.29, 1.82) is 0 Å². The molecule has 3 rings (SSSR count). The van der Waals surface area contributed by atoms with E-state index in [9.17, 15) is 0 Å². The highest BCUT2D eigenvalue weighted by Gasteiger charge is 2.32. The van der Waals surface area contributed by atoms with Gasteiger partial charge >= 0.3 is 0 Å². The van der Waals surface area contributed by atoms with Gasteiger partial charge in [-0.05, 0) is 75.0 Å². The third-order valence-corrected chi connectivity index (χ3v) is 6.29. The maximum absolute atomic E-state index is 4.16. The zero-order valence-corrected chi connectivity index (χ0v) is 12.0. The quantitative estimate of drug-likeness (QED) is 0.546. The van der Waals surface area contributed by atoms with Gasteiger partial charge in [0.2, 0.25) is 0 Å². The molecule has 0 aromatic carbocycles. The van der Waals surface area contributed by atoms with Crippen molar-refractivity contribution in [3.8, 4) is 0 Å². The molecule has 0 radical (unpaired) electrons. The molecule has 0 aliphatic heterocycles. The fourth-order valence-electron chi connectivity index (χ4n) is 5.04. The summed E-state index contributed by atoms with van der Waals surface area (Å²) in [6.45, 7) is 4.16. The maximum atomic E-state index is 4.16. The van der Waals surface area contributed by atoms with Crippen LogP contribution in [0.15, 0.2) is 12.2 Å². The van der Waals surface area contributed by atoms with Gasteiger partial charge in [-0.3, -0.25) is 0 Å². The molecule has 0 saturated heterocycles. The lowest BCUT2D eigenvalue weighted by Crippen LogP contribution is -2.26. The Hall–Kier alpha value is -0.260. The van der Waals surface area contributed by atoms with Crippen molar-refractivity contribution in [2.45, 2.75) is 77.0 Å². The van der Waals surface area contributed by atoms with Crippen LogP contribution in [-0.4, -0.2) is 0 Å². The molecule has 0 bridgehead atoms. The van der Waals surface area contributed by atoms with Crippen LogP contribution >= 0.6 is 0 Å². The minimum atomic E-state index is 1.06. The molecule has 3 aliphatic rings. The Balaban J connectivity index is 1.46. The van der Waals surface area contributed by atoms with E-state index in [0.717, 1.165) is 23.7 Å². The first-order valence-corrected chi connectivity index (χ1v) is 8.49. The van der Waals surface area contributed by atoms with E-state index in [1.165, 1.54) is 44.1 Å². The summed E-state index contributed by atoms with van der Waals surface area (Å²) >= 11 is 0. The van der Waals surface area contributed by atoms with Gasteiger partial charge in [-0.2, -0.15) is 0 Å². The number of rotatable bonds is 2. The molecule has 0 nitrogen and oxygen atoms in total. The molecule has 3 saturated carbocycles. The zero-order chi connectivity index (χ0) is 12.4. The van der Waals surface area contributed by atoms with Crippen molar-refractivity contribution in [2.75, 3.05) is 0 Å². The second-order valence-corrected chi connectivity index (χ2v) is 7.31. The summed E-state index contributed by atoms with van der Waals surface area (Å²) < 4.78 is 0. The molecular weight excluding hydrogens is 216 g/mol. The topological polar surface area (TPSA) is 0 Å². The first kappa shape index (κ1) is 12.8. The van der Waals surface area contributed by atoms with Crippen molar-refractivity contribution < 1.29 is 0 Å². The summed E-state index contributed by atoms with van der Waals surface area (Å²) in [6.07, 6.45) is 18.0. The van der Waals surface area contributed by atoms with Crippen LogP contribution in [0.4, 0.5) is 0 Å². The SMILES string of the molecule is C=C1CCC(C2CCC(C3CCCC3)CC2)CC1. The highest BCUT2D eigenvalue weighted by Crippen LogP contribution is 2.45. The molecule has 0 aromatic rings. The Morgan fingerprint density at radius 3 is 1.44 bits per heavy atom. The summed E-state index contributed by atoms with van der Waals surface area (Å²) in [4.78, 5) is 0. The molecule has 102 valence electrons. The first-order valence-electron chi connectivity index (χ1n) is 8.49. The fraction of sp³-hybridized carbons (Fsp3) is 0.889. The zero-order valence-electron chi connectivity index (χ0n) is 12.0. The van der Waals surface area contributed by atoms with Crippen LogP contribution in [0.2, 0.25) is 0 Å². The van der Waals surface area contributed by atoms with Gasteiger partial charge in [0.05, 0.1) is 0 Å². The van der Waals surface area contributed by atoms with Crippen molar-refractivity contribution >= 4 is 0 Å². The molecule has 0 amide bonds. The first-order chi connectivity index (χ1) is 8.83. The molecule has 18 heavy (non-hydrogen) atoms. The van der Waals surface area contributed by atoms with Crippen molar-refractivity contribution in [1.82, 2.24) is 0 Å². The predicted octanol–water partition coefficient (Wildman–Crippen LogP) is 5.73. The van der Waals surface area contributed by atoms with E-state index in [0.29, 0.717) is 0 Å². The minimum Gasteiger partial charge on any atom is -0.0999 e. The third-order valence-electron chi connectivity index (χ3n) is 6.29. The normalized spacial score (nSPS) is 36.1. The molecule has 0 N–H and O–H groups in total. The van der Waals surface area contributed by atoms with Gasteiger partial charge in [-0.1, -0.05) is 37.8 Å². The van der Waals surface area contributed by atoms with Crippen molar-refractivity contribution in [3.63, 3.8) is 0 Å². The average molecular weight is 246 g/mol. The van der Waals surface area contributed by atoms with Crippen LogP contribution in [0.1, 0.15) is 77.0 Å². The molecule has 0 heterocycles. The molecule has 3 aliphatic carbocycles. The molecular formula is C18H30. The standard InChI is InChI=1S/C18H30/c1-14-6-8-16(9-7-14)18-12-10-17(11-13-18)15-4-2-3-5-15/h15-18H,1-13H2. The Kier molecular flexibility index (Phi) is 4.11. The molecule has 0 spiro atoms. The largest absolute Gasteiger partial charge is 0.0999 e. The van der Waals surface area contributed by atoms with Crippen LogP contribution < -0.4 is 0 Å². The second kappa shape index (κ2) is 5.80. The Morgan fingerprint density at radius 2 is 0.944 bits per heavy atom. The smallest absolute Gasteiger partial charge is 0.0320 e. The summed E-state index contributed by atoms with van der Waals surface area (Å²) in [5, 5.41) is 0. The van der Waals surface area contributed by atoms with Gasteiger partial charge in [0.1, 0.15) is 0 Å². The fourth-order valence-corrected chi connectivity index (χ4v) is 5.04. The van der Waals surface area contributed by atoms with Crippen molar-refractivity contribution in [2.24, 2.45) is 23.7 Å². The molecule has 0 unspecified atom stereocenters. The monoisotopic (exact) mass is 246 g/mol. The van der Waals surface area contributed by atoms with E-state index < -0.39 is 0 Å². The van der Waals surface area contributed by atoms with E-state index in [4.69, 9.17) is 0 Å². The van der Waals surface area contributed by atoms with E-state index in [-0.39, 0.29) is 0 Å². The van der Waals surface area contributed by atoms with Crippen LogP contribution in [-0.2, 0) is 0 Å². The third kappa shape index (κ3) is 2.83. The van der Waals surface area contributed by atoms with Gasteiger partial charge in [0, 0.05) is 0 Å². The van der Waals surface area contributed by atoms with Gasteiger partial charge in [-0.15, -0.1) is 0 Å². The van der Waals surface area contributed by atoms with Crippen LogP contribution in [0, 0.1) is 23.7 Å². The second-order valence-electron chi connectivity index (χ2n) is 7.31. The summed E-state index contributed by atoms with van der Waals surface area (Å²) in [5.74, 6) is 4.37.